The maximum absolute atomic E-state index is 13.1. The highest BCUT2D eigenvalue weighted by atomic mass is 19.3. The van der Waals surface area contributed by atoms with Crippen LogP contribution in [0.25, 0.3) is 22.2 Å². The summed E-state index contributed by atoms with van der Waals surface area (Å²) < 4.78 is 31.8. The molecule has 0 atom stereocenters. The molecule has 30 heavy (non-hydrogen) atoms. The van der Waals surface area contributed by atoms with E-state index in [1.807, 2.05) is 18.2 Å². The standard InChI is InChI=1S/C22H18F2N4O2/c1-13-7-8-18(20(9-13)30-22(23)24)27-21(29)16-10-19(14-11-25-28(2)12-14)26-17-6-4-3-5-15(16)17/h3-12,22H,1-2H3,(H,27,29). The van der Waals surface area contributed by atoms with Crippen LogP contribution in [0.1, 0.15) is 15.9 Å². The first kappa shape index (κ1) is 19.5. The Hall–Kier alpha value is -3.81. The van der Waals surface area contributed by atoms with Gasteiger partial charge in [0.15, 0.2) is 0 Å². The molecule has 0 aliphatic carbocycles. The zero-order chi connectivity index (χ0) is 21.3. The number of ether oxygens (including phenoxy) is 1. The van der Waals surface area contributed by atoms with Crippen molar-refractivity contribution in [3.63, 3.8) is 0 Å². The molecule has 0 spiro atoms. The maximum Gasteiger partial charge on any atom is 0.387 e. The van der Waals surface area contributed by atoms with Crippen LogP contribution in [0.3, 0.4) is 0 Å². The van der Waals surface area contributed by atoms with Crippen molar-refractivity contribution in [3.8, 4) is 17.0 Å². The minimum absolute atomic E-state index is 0.0933. The summed E-state index contributed by atoms with van der Waals surface area (Å²) in [5.74, 6) is -0.550. The number of amides is 1. The van der Waals surface area contributed by atoms with Gasteiger partial charge >= 0.3 is 6.61 Å². The molecule has 8 heteroatoms. The molecule has 0 saturated heterocycles. The van der Waals surface area contributed by atoms with Gasteiger partial charge in [-0.15, -0.1) is 0 Å². The molecule has 0 fully saturated rings. The molecule has 0 saturated carbocycles. The predicted octanol–water partition coefficient (Wildman–Crippen LogP) is 4.80. The number of carbonyl (C=O) groups is 1. The molecule has 0 aliphatic heterocycles. The molecule has 1 amide bonds. The number of hydrogen-bond donors (Lipinski definition) is 1. The van der Waals surface area contributed by atoms with Gasteiger partial charge in [0.2, 0.25) is 0 Å². The van der Waals surface area contributed by atoms with Gasteiger partial charge in [0.1, 0.15) is 5.75 Å². The van der Waals surface area contributed by atoms with Crippen molar-refractivity contribution in [3.05, 3.63) is 72.1 Å². The first-order valence-electron chi connectivity index (χ1n) is 9.16. The zero-order valence-electron chi connectivity index (χ0n) is 16.3. The van der Waals surface area contributed by atoms with Gasteiger partial charge in [0, 0.05) is 24.2 Å². The van der Waals surface area contributed by atoms with E-state index in [1.54, 1.807) is 49.2 Å². The molecule has 2 aromatic heterocycles. The number of benzene rings is 2. The van der Waals surface area contributed by atoms with Gasteiger partial charge in [-0.2, -0.15) is 13.9 Å². The fourth-order valence-electron chi connectivity index (χ4n) is 3.18. The molecular formula is C22H18F2N4O2. The van der Waals surface area contributed by atoms with Gasteiger partial charge in [0.25, 0.3) is 5.91 Å². The highest BCUT2D eigenvalue weighted by molar-refractivity contribution is 6.13. The van der Waals surface area contributed by atoms with Gasteiger partial charge in [-0.1, -0.05) is 24.3 Å². The number of rotatable bonds is 5. The van der Waals surface area contributed by atoms with E-state index < -0.39 is 12.5 Å². The lowest BCUT2D eigenvalue weighted by atomic mass is 10.0. The molecule has 2 heterocycles. The minimum Gasteiger partial charge on any atom is -0.433 e. The Bertz CT molecular complexity index is 1240. The Balaban J connectivity index is 1.77. The molecular weight excluding hydrogens is 390 g/mol. The van der Waals surface area contributed by atoms with Crippen LogP contribution in [0.5, 0.6) is 5.75 Å². The third-order valence-electron chi connectivity index (χ3n) is 4.56. The zero-order valence-corrected chi connectivity index (χ0v) is 16.3. The van der Waals surface area contributed by atoms with Gasteiger partial charge < -0.3 is 10.1 Å². The Kier molecular flexibility index (Phi) is 5.14. The quantitative estimate of drug-likeness (QED) is 0.515. The Morgan fingerprint density at radius 1 is 1.17 bits per heavy atom. The van der Waals surface area contributed by atoms with Crippen molar-refractivity contribution < 1.29 is 18.3 Å². The highest BCUT2D eigenvalue weighted by Gasteiger charge is 2.17. The number of aromatic nitrogens is 3. The third kappa shape index (κ3) is 3.98. The number of nitrogens with one attached hydrogen (secondary N) is 1. The molecule has 4 rings (SSSR count). The highest BCUT2D eigenvalue weighted by Crippen LogP contribution is 2.30. The number of halogens is 2. The number of para-hydroxylation sites is 1. The number of aryl methyl sites for hydroxylation is 2. The Labute approximate surface area is 171 Å². The van der Waals surface area contributed by atoms with Crippen molar-refractivity contribution >= 4 is 22.5 Å². The van der Waals surface area contributed by atoms with Crippen molar-refractivity contribution in [2.24, 2.45) is 7.05 Å². The van der Waals surface area contributed by atoms with Crippen molar-refractivity contribution in [1.29, 1.82) is 0 Å². The van der Waals surface area contributed by atoms with Crippen LogP contribution in [0.2, 0.25) is 0 Å². The molecule has 0 unspecified atom stereocenters. The number of anilines is 1. The van der Waals surface area contributed by atoms with Crippen molar-refractivity contribution in [1.82, 2.24) is 14.8 Å². The Morgan fingerprint density at radius 3 is 2.70 bits per heavy atom. The summed E-state index contributed by atoms with van der Waals surface area (Å²) in [5, 5.41) is 7.49. The van der Waals surface area contributed by atoms with E-state index in [9.17, 15) is 13.6 Å². The topological polar surface area (TPSA) is 69.0 Å². The third-order valence-corrected chi connectivity index (χ3v) is 4.56. The van der Waals surface area contributed by atoms with E-state index in [1.165, 1.54) is 12.1 Å². The molecule has 6 nitrogen and oxygen atoms in total. The molecule has 2 aromatic carbocycles. The second kappa shape index (κ2) is 7.90. The summed E-state index contributed by atoms with van der Waals surface area (Å²) in [7, 11) is 1.79. The summed E-state index contributed by atoms with van der Waals surface area (Å²) in [6, 6.07) is 13.6. The summed E-state index contributed by atoms with van der Waals surface area (Å²) in [6.45, 7) is -1.25. The number of carbonyl (C=O) groups excluding carboxylic acids is 1. The Morgan fingerprint density at radius 2 is 1.97 bits per heavy atom. The van der Waals surface area contributed by atoms with Gasteiger partial charge in [0.05, 0.1) is 28.7 Å². The van der Waals surface area contributed by atoms with Gasteiger partial charge in [-0.25, -0.2) is 4.98 Å². The van der Waals surface area contributed by atoms with Crippen LogP contribution in [-0.2, 0) is 7.05 Å². The van der Waals surface area contributed by atoms with E-state index in [0.717, 1.165) is 11.1 Å². The van der Waals surface area contributed by atoms with Crippen molar-refractivity contribution in [2.45, 2.75) is 13.5 Å². The smallest absolute Gasteiger partial charge is 0.387 e. The van der Waals surface area contributed by atoms with Crippen molar-refractivity contribution in [2.75, 3.05) is 5.32 Å². The second-order valence-corrected chi connectivity index (χ2v) is 6.81. The lowest BCUT2D eigenvalue weighted by Gasteiger charge is -2.14. The van der Waals surface area contributed by atoms with Gasteiger partial charge in [-0.3, -0.25) is 9.48 Å². The first-order valence-corrected chi connectivity index (χ1v) is 9.16. The van der Waals surface area contributed by atoms with E-state index in [-0.39, 0.29) is 11.4 Å². The molecule has 152 valence electrons. The van der Waals surface area contributed by atoms with E-state index in [2.05, 4.69) is 20.1 Å². The van der Waals surface area contributed by atoms with E-state index in [4.69, 9.17) is 0 Å². The average molecular weight is 408 g/mol. The van der Waals surface area contributed by atoms with Crippen LogP contribution >= 0.6 is 0 Å². The van der Waals surface area contributed by atoms with Crippen LogP contribution in [0.4, 0.5) is 14.5 Å². The number of fused-ring (bicyclic) bond motifs is 1. The number of hydrogen-bond acceptors (Lipinski definition) is 4. The maximum atomic E-state index is 13.1. The summed E-state index contributed by atoms with van der Waals surface area (Å²) in [5.41, 5.74) is 3.24. The van der Waals surface area contributed by atoms with Crippen LogP contribution in [0.15, 0.2) is 60.9 Å². The molecule has 0 radical (unpaired) electrons. The van der Waals surface area contributed by atoms with Crippen LogP contribution in [0, 0.1) is 6.92 Å². The van der Waals surface area contributed by atoms with Crippen LogP contribution in [-0.4, -0.2) is 27.3 Å². The number of pyridine rings is 1. The molecule has 4 aromatic rings. The summed E-state index contributed by atoms with van der Waals surface area (Å²) in [6.07, 6.45) is 3.46. The number of nitrogens with zero attached hydrogens (tertiary/aromatic N) is 3. The minimum atomic E-state index is -3.00. The second-order valence-electron chi connectivity index (χ2n) is 6.81. The average Bonchev–Trinajstić information content (AvgIpc) is 3.15. The molecule has 0 aliphatic rings. The van der Waals surface area contributed by atoms with E-state index in [0.29, 0.717) is 22.2 Å². The molecule has 0 bridgehead atoms. The normalized spacial score (nSPS) is 11.1. The van der Waals surface area contributed by atoms with Gasteiger partial charge in [-0.05, 0) is 36.8 Å². The fourth-order valence-corrected chi connectivity index (χ4v) is 3.18. The lowest BCUT2D eigenvalue weighted by molar-refractivity contribution is -0.0494. The monoisotopic (exact) mass is 408 g/mol. The summed E-state index contributed by atoms with van der Waals surface area (Å²) in [4.78, 5) is 17.8. The largest absolute Gasteiger partial charge is 0.433 e. The summed E-state index contributed by atoms with van der Waals surface area (Å²) >= 11 is 0. The van der Waals surface area contributed by atoms with E-state index >= 15 is 0 Å². The predicted molar refractivity (Wildman–Crippen MR) is 110 cm³/mol. The fraction of sp³-hybridized carbons (Fsp3) is 0.136. The SMILES string of the molecule is Cc1ccc(NC(=O)c2cc(-c3cnn(C)c3)nc3ccccc23)c(OC(F)F)c1. The number of alkyl halides is 2. The van der Waals surface area contributed by atoms with Crippen LogP contribution < -0.4 is 10.1 Å². The molecule has 1 N–H and O–H groups in total. The first-order chi connectivity index (χ1) is 14.4. The lowest BCUT2D eigenvalue weighted by Crippen LogP contribution is -2.15.